The predicted octanol–water partition coefficient (Wildman–Crippen LogP) is 1.78. The average Bonchev–Trinajstić information content (AvgIpc) is 2.43. The Morgan fingerprint density at radius 2 is 2.00 bits per heavy atom. The van der Waals surface area contributed by atoms with Gasteiger partial charge >= 0.3 is 0 Å². The maximum Gasteiger partial charge on any atom is 0.282 e. The lowest BCUT2D eigenvalue weighted by Gasteiger charge is -2.37. The highest BCUT2D eigenvalue weighted by atomic mass is 32.2. The van der Waals surface area contributed by atoms with Gasteiger partial charge in [-0.05, 0) is 31.9 Å². The van der Waals surface area contributed by atoms with E-state index in [2.05, 4.69) is 0 Å². The van der Waals surface area contributed by atoms with E-state index in [1.807, 2.05) is 45.0 Å². The Morgan fingerprint density at radius 3 is 2.67 bits per heavy atom. The standard InChI is InChI=1S/C15H24N2O3S/c1-12-7-5-6-8-15(12)10-16(4)21(18,19)17-9-14(3)20-11-13(17)2/h5-8,13-14H,9-11H2,1-4H3/t13-,14+/m1/s1. The van der Waals surface area contributed by atoms with E-state index in [0.29, 0.717) is 19.7 Å². The second-order valence-electron chi connectivity index (χ2n) is 5.75. The van der Waals surface area contributed by atoms with Gasteiger partial charge in [0.05, 0.1) is 12.7 Å². The fraction of sp³-hybridized carbons (Fsp3) is 0.600. The van der Waals surface area contributed by atoms with Gasteiger partial charge in [0.25, 0.3) is 10.2 Å². The zero-order valence-corrected chi connectivity index (χ0v) is 13.9. The third kappa shape index (κ3) is 3.63. The molecule has 0 unspecified atom stereocenters. The summed E-state index contributed by atoms with van der Waals surface area (Å²) in [6.07, 6.45) is -0.0668. The summed E-state index contributed by atoms with van der Waals surface area (Å²) in [5, 5.41) is 0. The molecule has 2 rings (SSSR count). The van der Waals surface area contributed by atoms with Gasteiger partial charge in [-0.25, -0.2) is 0 Å². The molecule has 2 atom stereocenters. The molecular formula is C15H24N2O3S. The molecule has 0 radical (unpaired) electrons. The van der Waals surface area contributed by atoms with Crippen LogP contribution in [0.4, 0.5) is 0 Å². The Kier molecular flexibility index (Phi) is 5.03. The van der Waals surface area contributed by atoms with E-state index in [4.69, 9.17) is 4.74 Å². The highest BCUT2D eigenvalue weighted by Gasteiger charge is 2.35. The second-order valence-corrected chi connectivity index (χ2v) is 7.74. The molecule has 1 fully saturated rings. The summed E-state index contributed by atoms with van der Waals surface area (Å²) in [5.41, 5.74) is 2.13. The molecule has 0 amide bonds. The first kappa shape index (κ1) is 16.4. The number of morpholine rings is 1. The molecule has 1 aliphatic rings. The molecule has 1 aromatic carbocycles. The first-order valence-corrected chi connectivity index (χ1v) is 8.61. The van der Waals surface area contributed by atoms with Crippen molar-refractivity contribution in [3.63, 3.8) is 0 Å². The number of aryl methyl sites for hydroxylation is 1. The van der Waals surface area contributed by atoms with Gasteiger partial charge in [-0.3, -0.25) is 0 Å². The minimum Gasteiger partial charge on any atom is -0.375 e. The number of benzene rings is 1. The van der Waals surface area contributed by atoms with Crippen LogP contribution < -0.4 is 0 Å². The van der Waals surface area contributed by atoms with Gasteiger partial charge < -0.3 is 4.74 Å². The summed E-state index contributed by atoms with van der Waals surface area (Å²) in [5.74, 6) is 0. The zero-order chi connectivity index (χ0) is 15.6. The van der Waals surface area contributed by atoms with Crippen molar-refractivity contribution >= 4 is 10.2 Å². The van der Waals surface area contributed by atoms with E-state index in [9.17, 15) is 8.42 Å². The van der Waals surface area contributed by atoms with Crippen molar-refractivity contribution in [2.75, 3.05) is 20.2 Å². The van der Waals surface area contributed by atoms with Crippen LogP contribution in [0.25, 0.3) is 0 Å². The Balaban J connectivity index is 2.17. The minimum atomic E-state index is -3.47. The van der Waals surface area contributed by atoms with Gasteiger partial charge in [-0.15, -0.1) is 0 Å². The molecule has 0 aromatic heterocycles. The van der Waals surface area contributed by atoms with Gasteiger partial charge in [0.1, 0.15) is 0 Å². The molecule has 1 aromatic rings. The Labute approximate surface area is 127 Å². The van der Waals surface area contributed by atoms with Gasteiger partial charge in [-0.1, -0.05) is 24.3 Å². The summed E-state index contributed by atoms with van der Waals surface area (Å²) < 4.78 is 34.0. The van der Waals surface area contributed by atoms with Crippen LogP contribution in [0.1, 0.15) is 25.0 Å². The molecular weight excluding hydrogens is 288 g/mol. The molecule has 1 saturated heterocycles. The van der Waals surface area contributed by atoms with E-state index < -0.39 is 10.2 Å². The summed E-state index contributed by atoms with van der Waals surface area (Å²) in [6, 6.07) is 7.72. The highest BCUT2D eigenvalue weighted by molar-refractivity contribution is 7.86. The lowest BCUT2D eigenvalue weighted by Crippen LogP contribution is -2.53. The lowest BCUT2D eigenvalue weighted by atomic mass is 10.1. The number of hydrogen-bond acceptors (Lipinski definition) is 3. The number of nitrogens with zero attached hydrogens (tertiary/aromatic N) is 2. The molecule has 1 aliphatic heterocycles. The molecule has 1 heterocycles. The van der Waals surface area contributed by atoms with Crippen LogP contribution in [0, 0.1) is 6.92 Å². The molecule has 118 valence electrons. The Hall–Kier alpha value is -0.950. The molecule has 0 aliphatic carbocycles. The van der Waals surface area contributed by atoms with E-state index >= 15 is 0 Å². The zero-order valence-electron chi connectivity index (χ0n) is 13.1. The van der Waals surface area contributed by atoms with Gasteiger partial charge in [-0.2, -0.15) is 17.0 Å². The number of hydrogen-bond donors (Lipinski definition) is 0. The molecule has 21 heavy (non-hydrogen) atoms. The van der Waals surface area contributed by atoms with Crippen molar-refractivity contribution in [2.45, 2.75) is 39.5 Å². The topological polar surface area (TPSA) is 49.9 Å². The van der Waals surface area contributed by atoms with Crippen molar-refractivity contribution in [3.05, 3.63) is 35.4 Å². The molecule has 0 saturated carbocycles. The van der Waals surface area contributed by atoms with E-state index in [0.717, 1.165) is 11.1 Å². The van der Waals surface area contributed by atoms with Crippen molar-refractivity contribution in [1.29, 1.82) is 0 Å². The SMILES string of the molecule is Cc1ccccc1CN(C)S(=O)(=O)N1C[C@H](C)OC[C@H]1C. The third-order valence-electron chi connectivity index (χ3n) is 3.90. The van der Waals surface area contributed by atoms with Crippen molar-refractivity contribution in [3.8, 4) is 0 Å². The first-order chi connectivity index (χ1) is 9.82. The van der Waals surface area contributed by atoms with Crippen molar-refractivity contribution < 1.29 is 13.2 Å². The van der Waals surface area contributed by atoms with Crippen LogP contribution in [0.2, 0.25) is 0 Å². The van der Waals surface area contributed by atoms with Crippen molar-refractivity contribution in [1.82, 2.24) is 8.61 Å². The van der Waals surface area contributed by atoms with Crippen LogP contribution in [-0.4, -0.2) is 49.4 Å². The first-order valence-electron chi connectivity index (χ1n) is 7.21. The van der Waals surface area contributed by atoms with Crippen molar-refractivity contribution in [2.24, 2.45) is 0 Å². The fourth-order valence-corrected chi connectivity index (χ4v) is 4.06. The third-order valence-corrected chi connectivity index (χ3v) is 5.91. The summed E-state index contributed by atoms with van der Waals surface area (Å²) in [6.45, 7) is 7.00. The average molecular weight is 312 g/mol. The number of ether oxygens (including phenoxy) is 1. The lowest BCUT2D eigenvalue weighted by molar-refractivity contribution is -0.0188. The van der Waals surface area contributed by atoms with Crippen LogP contribution in [0.15, 0.2) is 24.3 Å². The summed E-state index contributed by atoms with van der Waals surface area (Å²) in [7, 11) is -1.84. The molecule has 5 nitrogen and oxygen atoms in total. The predicted molar refractivity (Wildman–Crippen MR) is 83.1 cm³/mol. The smallest absolute Gasteiger partial charge is 0.282 e. The summed E-state index contributed by atoms with van der Waals surface area (Å²) >= 11 is 0. The minimum absolute atomic E-state index is 0.0668. The normalized spacial score (nSPS) is 24.4. The summed E-state index contributed by atoms with van der Waals surface area (Å²) in [4.78, 5) is 0. The van der Waals surface area contributed by atoms with Crippen LogP contribution in [0.5, 0.6) is 0 Å². The second kappa shape index (κ2) is 6.44. The maximum absolute atomic E-state index is 12.8. The highest BCUT2D eigenvalue weighted by Crippen LogP contribution is 2.20. The van der Waals surface area contributed by atoms with Gasteiger partial charge in [0, 0.05) is 26.2 Å². The molecule has 0 bridgehead atoms. The maximum atomic E-state index is 12.8. The monoisotopic (exact) mass is 312 g/mol. The molecule has 6 heteroatoms. The van der Waals surface area contributed by atoms with Crippen LogP contribution in [-0.2, 0) is 21.5 Å². The Bertz CT molecular complexity index is 588. The Morgan fingerprint density at radius 1 is 1.33 bits per heavy atom. The number of rotatable bonds is 4. The quantitative estimate of drug-likeness (QED) is 0.851. The van der Waals surface area contributed by atoms with Crippen LogP contribution >= 0.6 is 0 Å². The van der Waals surface area contributed by atoms with E-state index in [1.54, 1.807) is 11.4 Å². The van der Waals surface area contributed by atoms with E-state index in [1.165, 1.54) is 4.31 Å². The van der Waals surface area contributed by atoms with Crippen LogP contribution in [0.3, 0.4) is 0 Å². The van der Waals surface area contributed by atoms with Gasteiger partial charge in [0.15, 0.2) is 0 Å². The largest absolute Gasteiger partial charge is 0.375 e. The fourth-order valence-electron chi connectivity index (χ4n) is 2.48. The van der Waals surface area contributed by atoms with Gasteiger partial charge in [0.2, 0.25) is 0 Å². The van der Waals surface area contributed by atoms with E-state index in [-0.39, 0.29) is 12.1 Å². The molecule has 0 spiro atoms. The molecule has 0 N–H and O–H groups in total.